The molecule has 140 valence electrons. The summed E-state index contributed by atoms with van der Waals surface area (Å²) in [6.07, 6.45) is 1.53. The van der Waals surface area contributed by atoms with Crippen molar-refractivity contribution in [2.24, 2.45) is 0 Å². The van der Waals surface area contributed by atoms with Crippen LogP contribution in [0.5, 0.6) is 5.88 Å². The summed E-state index contributed by atoms with van der Waals surface area (Å²) in [5.74, 6) is -2.35. The van der Waals surface area contributed by atoms with Crippen LogP contribution in [0.15, 0.2) is 41.5 Å². The van der Waals surface area contributed by atoms with Gasteiger partial charge in [-0.15, -0.1) is 0 Å². The summed E-state index contributed by atoms with van der Waals surface area (Å²) >= 11 is 0. The first-order chi connectivity index (χ1) is 13.0. The van der Waals surface area contributed by atoms with Crippen LogP contribution in [-0.4, -0.2) is 44.7 Å². The molecule has 0 radical (unpaired) electrons. The molecule has 0 aliphatic carbocycles. The van der Waals surface area contributed by atoms with Crippen LogP contribution < -0.4 is 15.5 Å². The number of carbonyl (C=O) groups is 2. The lowest BCUT2D eigenvalue weighted by molar-refractivity contribution is -0.135. The number of carbonyl (C=O) groups excluding carboxylic acids is 1. The van der Waals surface area contributed by atoms with Gasteiger partial charge in [0.2, 0.25) is 11.3 Å². The van der Waals surface area contributed by atoms with E-state index >= 15 is 0 Å². The number of amides is 1. The van der Waals surface area contributed by atoms with Gasteiger partial charge in [0.15, 0.2) is 5.65 Å². The van der Waals surface area contributed by atoms with Gasteiger partial charge in [-0.1, -0.05) is 18.2 Å². The Morgan fingerprint density at radius 1 is 1.33 bits per heavy atom. The lowest BCUT2D eigenvalue weighted by Gasteiger charge is -2.10. The number of rotatable bonds is 7. The second-order valence-corrected chi connectivity index (χ2v) is 5.53. The van der Waals surface area contributed by atoms with Gasteiger partial charge in [-0.2, -0.15) is 0 Å². The van der Waals surface area contributed by atoms with Crippen molar-refractivity contribution in [2.45, 2.75) is 6.42 Å². The first-order valence-electron chi connectivity index (χ1n) is 7.92. The molecule has 3 N–H and O–H groups in total. The highest BCUT2D eigenvalue weighted by Gasteiger charge is 2.20. The molecular weight excluding hydrogens is 359 g/mol. The SMILES string of the molecule is O=C(O)CNC(=O)c1c(=O)cc(OCCc2ccccc2F)n2[nH]cnc12. The summed E-state index contributed by atoms with van der Waals surface area (Å²) < 4.78 is 20.5. The van der Waals surface area contributed by atoms with E-state index in [0.717, 1.165) is 6.07 Å². The van der Waals surface area contributed by atoms with Crippen molar-refractivity contribution in [1.82, 2.24) is 19.9 Å². The third-order valence-electron chi connectivity index (χ3n) is 3.74. The number of pyridine rings is 1. The molecule has 0 saturated carbocycles. The fourth-order valence-corrected chi connectivity index (χ4v) is 2.50. The quantitative estimate of drug-likeness (QED) is 0.556. The third kappa shape index (κ3) is 3.94. The molecule has 3 aromatic rings. The van der Waals surface area contributed by atoms with Crippen LogP contribution in [0.4, 0.5) is 4.39 Å². The monoisotopic (exact) mass is 374 g/mol. The molecule has 9 nitrogen and oxygen atoms in total. The molecule has 1 amide bonds. The molecule has 2 heterocycles. The zero-order valence-electron chi connectivity index (χ0n) is 13.9. The normalized spacial score (nSPS) is 10.7. The highest BCUT2D eigenvalue weighted by molar-refractivity contribution is 6.00. The Kier molecular flexibility index (Phi) is 5.15. The maximum Gasteiger partial charge on any atom is 0.322 e. The number of nitrogens with zero attached hydrogens (tertiary/aromatic N) is 2. The number of benzene rings is 1. The number of ether oxygens (including phenoxy) is 1. The van der Waals surface area contributed by atoms with Crippen LogP contribution in [0.2, 0.25) is 0 Å². The lowest BCUT2D eigenvalue weighted by atomic mass is 10.1. The molecule has 0 unspecified atom stereocenters. The van der Waals surface area contributed by atoms with Gasteiger partial charge in [0.1, 0.15) is 24.3 Å². The zero-order chi connectivity index (χ0) is 19.4. The number of hydrogen-bond acceptors (Lipinski definition) is 5. The number of aliphatic carboxylic acids is 1. The molecule has 2 aromatic heterocycles. The fraction of sp³-hybridized carbons (Fsp3) is 0.176. The summed E-state index contributed by atoms with van der Waals surface area (Å²) in [5.41, 5.74) is -0.522. The van der Waals surface area contributed by atoms with Gasteiger partial charge >= 0.3 is 5.97 Å². The van der Waals surface area contributed by atoms with E-state index in [1.165, 1.54) is 16.9 Å². The Labute approximate surface area is 151 Å². The summed E-state index contributed by atoms with van der Waals surface area (Å²) in [4.78, 5) is 38.9. The standard InChI is InChI=1S/C17H15FN4O5/c18-11-4-2-1-3-10(11)5-6-27-13-7-12(23)15(16-20-9-21-22(13)16)17(26)19-8-14(24)25/h1-4,7,9H,5-6,8H2,(H,19,26)(H,20,21)(H,24,25). The number of hydrogen-bond donors (Lipinski definition) is 3. The molecular formula is C17H15FN4O5. The summed E-state index contributed by atoms with van der Waals surface area (Å²) in [5, 5.41) is 13.5. The van der Waals surface area contributed by atoms with Gasteiger partial charge < -0.3 is 15.2 Å². The molecule has 0 aliphatic heterocycles. The van der Waals surface area contributed by atoms with E-state index in [-0.39, 0.29) is 35.9 Å². The Balaban J connectivity index is 1.82. The number of fused-ring (bicyclic) bond motifs is 1. The Morgan fingerprint density at radius 3 is 2.85 bits per heavy atom. The maximum atomic E-state index is 13.6. The number of aromatic amines is 1. The van der Waals surface area contributed by atoms with E-state index in [2.05, 4.69) is 15.4 Å². The van der Waals surface area contributed by atoms with Gasteiger partial charge in [0, 0.05) is 12.5 Å². The summed E-state index contributed by atoms with van der Waals surface area (Å²) in [6, 6.07) is 7.36. The Morgan fingerprint density at radius 2 is 2.11 bits per heavy atom. The number of H-pyrrole nitrogens is 1. The van der Waals surface area contributed by atoms with Crippen LogP contribution in [0, 0.1) is 5.82 Å². The predicted molar refractivity (Wildman–Crippen MR) is 91.4 cm³/mol. The van der Waals surface area contributed by atoms with Gasteiger partial charge in [-0.25, -0.2) is 13.9 Å². The number of nitrogens with one attached hydrogen (secondary N) is 2. The van der Waals surface area contributed by atoms with E-state index in [0.29, 0.717) is 5.56 Å². The molecule has 3 rings (SSSR count). The average molecular weight is 374 g/mol. The van der Waals surface area contributed by atoms with Gasteiger partial charge in [0.05, 0.1) is 6.61 Å². The van der Waals surface area contributed by atoms with Gasteiger partial charge in [0.25, 0.3) is 5.91 Å². The zero-order valence-corrected chi connectivity index (χ0v) is 13.9. The molecule has 0 spiro atoms. The molecule has 0 bridgehead atoms. The first kappa shape index (κ1) is 18.1. The van der Waals surface area contributed by atoms with Crippen molar-refractivity contribution in [3.05, 3.63) is 63.8 Å². The van der Waals surface area contributed by atoms with Crippen molar-refractivity contribution >= 4 is 17.5 Å². The van der Waals surface area contributed by atoms with Crippen molar-refractivity contribution < 1.29 is 23.8 Å². The van der Waals surface area contributed by atoms with Crippen molar-refractivity contribution in [3.63, 3.8) is 0 Å². The smallest absolute Gasteiger partial charge is 0.322 e. The number of carboxylic acids is 1. The van der Waals surface area contributed by atoms with Crippen LogP contribution in [-0.2, 0) is 11.2 Å². The highest BCUT2D eigenvalue weighted by atomic mass is 19.1. The molecule has 0 saturated heterocycles. The van der Waals surface area contributed by atoms with Crippen molar-refractivity contribution in [1.29, 1.82) is 0 Å². The van der Waals surface area contributed by atoms with E-state index in [9.17, 15) is 18.8 Å². The lowest BCUT2D eigenvalue weighted by Crippen LogP contribution is -2.33. The average Bonchev–Trinajstić information content (AvgIpc) is 3.11. The van der Waals surface area contributed by atoms with Crippen LogP contribution in [0.3, 0.4) is 0 Å². The highest BCUT2D eigenvalue weighted by Crippen LogP contribution is 2.14. The largest absolute Gasteiger partial charge is 0.480 e. The topological polar surface area (TPSA) is 126 Å². The molecule has 27 heavy (non-hydrogen) atoms. The molecule has 1 aromatic carbocycles. The maximum absolute atomic E-state index is 13.6. The number of halogens is 1. The predicted octanol–water partition coefficient (Wildman–Crippen LogP) is 0.598. The summed E-state index contributed by atoms with van der Waals surface area (Å²) in [6.45, 7) is -0.540. The van der Waals surface area contributed by atoms with Crippen LogP contribution in [0.1, 0.15) is 15.9 Å². The van der Waals surface area contributed by atoms with E-state index in [4.69, 9.17) is 9.84 Å². The van der Waals surface area contributed by atoms with Crippen LogP contribution in [0.25, 0.3) is 5.65 Å². The minimum atomic E-state index is -1.24. The van der Waals surface area contributed by atoms with E-state index in [1.54, 1.807) is 18.2 Å². The van der Waals surface area contributed by atoms with E-state index in [1.807, 2.05) is 0 Å². The van der Waals surface area contributed by atoms with Crippen molar-refractivity contribution in [2.75, 3.05) is 13.2 Å². The van der Waals surface area contributed by atoms with E-state index < -0.39 is 23.9 Å². The molecule has 0 fully saturated rings. The molecule has 10 heteroatoms. The second kappa shape index (κ2) is 7.68. The fourth-order valence-electron chi connectivity index (χ4n) is 2.50. The van der Waals surface area contributed by atoms with Crippen LogP contribution >= 0.6 is 0 Å². The Bertz CT molecular complexity index is 1060. The summed E-state index contributed by atoms with van der Waals surface area (Å²) in [7, 11) is 0. The molecule has 0 atom stereocenters. The minimum Gasteiger partial charge on any atom is -0.480 e. The number of carboxylic acid groups (broad SMARTS) is 1. The third-order valence-corrected chi connectivity index (χ3v) is 3.74. The first-order valence-corrected chi connectivity index (χ1v) is 7.92. The minimum absolute atomic E-state index is 0.00807. The van der Waals surface area contributed by atoms with Gasteiger partial charge in [-0.05, 0) is 11.6 Å². The van der Waals surface area contributed by atoms with Crippen molar-refractivity contribution in [3.8, 4) is 5.88 Å². The number of aromatic nitrogens is 3. The van der Waals surface area contributed by atoms with Gasteiger partial charge in [-0.3, -0.25) is 19.5 Å². The second-order valence-electron chi connectivity index (χ2n) is 5.53. The molecule has 0 aliphatic rings. The Hall–Kier alpha value is -3.69.